The van der Waals surface area contributed by atoms with Gasteiger partial charge in [0.15, 0.2) is 0 Å². The van der Waals surface area contributed by atoms with Crippen LogP contribution >= 0.6 is 0 Å². The fourth-order valence-corrected chi connectivity index (χ4v) is 2.26. The van der Waals surface area contributed by atoms with Gasteiger partial charge in [-0.15, -0.1) is 0 Å². The first-order valence-corrected chi connectivity index (χ1v) is 6.63. The molecule has 19 heavy (non-hydrogen) atoms. The van der Waals surface area contributed by atoms with E-state index in [1.165, 1.54) is 0 Å². The Morgan fingerprint density at radius 2 is 2.26 bits per heavy atom. The Morgan fingerprint density at radius 3 is 2.84 bits per heavy atom. The number of hydrogen-bond donors (Lipinski definition) is 1. The molecule has 1 fully saturated rings. The molecule has 0 saturated carbocycles. The summed E-state index contributed by atoms with van der Waals surface area (Å²) in [7, 11) is 0. The van der Waals surface area contributed by atoms with Crippen LogP contribution in [0.25, 0.3) is 0 Å². The molecular formula is C14H22N2O3. The third-order valence-corrected chi connectivity index (χ3v) is 3.13. The number of amides is 1. The molecule has 0 radical (unpaired) electrons. The lowest BCUT2D eigenvalue weighted by atomic mass is 10.0. The number of carbonyl (C=O) groups excluding carboxylic acids is 1. The van der Waals surface area contributed by atoms with Crippen LogP contribution in [-0.4, -0.2) is 36.2 Å². The maximum Gasteiger partial charge on any atom is 0.410 e. The zero-order chi connectivity index (χ0) is 14.0. The highest BCUT2D eigenvalue weighted by atomic mass is 16.6. The summed E-state index contributed by atoms with van der Waals surface area (Å²) in [6, 6.07) is 1.90. The van der Waals surface area contributed by atoms with E-state index >= 15 is 0 Å². The van der Waals surface area contributed by atoms with Crippen molar-refractivity contribution in [2.24, 2.45) is 0 Å². The third-order valence-electron chi connectivity index (χ3n) is 3.13. The first kappa shape index (κ1) is 13.9. The fourth-order valence-electron chi connectivity index (χ4n) is 2.26. The van der Waals surface area contributed by atoms with Crippen LogP contribution in [0.1, 0.15) is 38.1 Å². The summed E-state index contributed by atoms with van der Waals surface area (Å²) in [4.78, 5) is 14.1. The molecule has 1 aliphatic heterocycles. The van der Waals surface area contributed by atoms with Crippen LogP contribution in [0.15, 0.2) is 16.7 Å². The highest BCUT2D eigenvalue weighted by Crippen LogP contribution is 2.27. The quantitative estimate of drug-likeness (QED) is 0.848. The summed E-state index contributed by atoms with van der Waals surface area (Å²) in [5, 5.41) is 3.31. The van der Waals surface area contributed by atoms with E-state index in [0.717, 1.165) is 24.4 Å². The van der Waals surface area contributed by atoms with E-state index in [0.29, 0.717) is 6.54 Å². The minimum Gasteiger partial charge on any atom is -0.469 e. The molecule has 1 aliphatic rings. The van der Waals surface area contributed by atoms with Crippen molar-refractivity contribution in [1.29, 1.82) is 0 Å². The van der Waals surface area contributed by atoms with Crippen molar-refractivity contribution in [2.75, 3.05) is 19.6 Å². The molecule has 1 aromatic rings. The van der Waals surface area contributed by atoms with Gasteiger partial charge in [0.05, 0.1) is 12.3 Å². The van der Waals surface area contributed by atoms with E-state index in [4.69, 9.17) is 9.15 Å². The number of nitrogens with zero attached hydrogens (tertiary/aromatic N) is 1. The molecule has 1 atom stereocenters. The minimum atomic E-state index is -0.474. The Bertz CT molecular complexity index is 448. The van der Waals surface area contributed by atoms with E-state index in [1.807, 2.05) is 33.8 Å². The van der Waals surface area contributed by atoms with Gasteiger partial charge in [0.25, 0.3) is 0 Å². The summed E-state index contributed by atoms with van der Waals surface area (Å²) in [6.07, 6.45) is 1.40. The highest BCUT2D eigenvalue weighted by molar-refractivity contribution is 5.69. The maximum absolute atomic E-state index is 12.3. The molecule has 1 N–H and O–H groups in total. The summed E-state index contributed by atoms with van der Waals surface area (Å²) in [6.45, 7) is 9.70. The standard InChI is InChI=1S/C14H22N2O3/c1-10-11(5-8-18-10)12-9-15-6-7-16(12)13(17)19-14(2,3)4/h5,8,12,15H,6-7,9H2,1-4H3. The zero-order valence-electron chi connectivity index (χ0n) is 12.0. The second-order valence-electron chi connectivity index (χ2n) is 5.83. The lowest BCUT2D eigenvalue weighted by Crippen LogP contribution is -2.50. The Labute approximate surface area is 113 Å². The SMILES string of the molecule is Cc1occc1C1CNCCN1C(=O)OC(C)(C)C. The smallest absolute Gasteiger partial charge is 0.410 e. The fraction of sp³-hybridized carbons (Fsp3) is 0.643. The summed E-state index contributed by atoms with van der Waals surface area (Å²) >= 11 is 0. The van der Waals surface area contributed by atoms with Gasteiger partial charge in [-0.05, 0) is 33.8 Å². The molecule has 1 saturated heterocycles. The van der Waals surface area contributed by atoms with Crippen LogP contribution in [0.5, 0.6) is 0 Å². The largest absolute Gasteiger partial charge is 0.469 e. The molecule has 2 rings (SSSR count). The van der Waals surface area contributed by atoms with Crippen molar-refractivity contribution in [3.63, 3.8) is 0 Å². The molecule has 5 heteroatoms. The second kappa shape index (κ2) is 5.25. The number of nitrogens with one attached hydrogen (secondary N) is 1. The average Bonchev–Trinajstić information content (AvgIpc) is 2.73. The van der Waals surface area contributed by atoms with Crippen molar-refractivity contribution < 1.29 is 13.9 Å². The number of carbonyl (C=O) groups is 1. The van der Waals surface area contributed by atoms with Gasteiger partial charge in [0, 0.05) is 25.2 Å². The van der Waals surface area contributed by atoms with Crippen molar-refractivity contribution in [2.45, 2.75) is 39.3 Å². The van der Waals surface area contributed by atoms with Crippen LogP contribution in [0.4, 0.5) is 4.79 Å². The summed E-state index contributed by atoms with van der Waals surface area (Å²) in [5.74, 6) is 0.849. The molecule has 0 spiro atoms. The zero-order valence-corrected chi connectivity index (χ0v) is 12.0. The highest BCUT2D eigenvalue weighted by Gasteiger charge is 2.32. The Hall–Kier alpha value is -1.49. The predicted octanol–water partition coefficient (Wildman–Crippen LogP) is 2.47. The van der Waals surface area contributed by atoms with Gasteiger partial charge in [-0.3, -0.25) is 4.90 Å². The molecule has 5 nitrogen and oxygen atoms in total. The number of rotatable bonds is 1. The number of ether oxygens (including phenoxy) is 1. The second-order valence-corrected chi connectivity index (χ2v) is 5.83. The van der Waals surface area contributed by atoms with Gasteiger partial charge < -0.3 is 14.5 Å². The van der Waals surface area contributed by atoms with E-state index in [1.54, 1.807) is 11.2 Å². The van der Waals surface area contributed by atoms with E-state index in [2.05, 4.69) is 5.32 Å². The Morgan fingerprint density at radius 1 is 1.53 bits per heavy atom. The Kier molecular flexibility index (Phi) is 3.85. The van der Waals surface area contributed by atoms with Gasteiger partial charge in [-0.1, -0.05) is 0 Å². The minimum absolute atomic E-state index is 0.0256. The topological polar surface area (TPSA) is 54.7 Å². The molecule has 1 aromatic heterocycles. The molecule has 0 bridgehead atoms. The van der Waals surface area contributed by atoms with Crippen LogP contribution in [0.3, 0.4) is 0 Å². The van der Waals surface area contributed by atoms with E-state index < -0.39 is 5.60 Å². The van der Waals surface area contributed by atoms with Gasteiger partial charge in [0.2, 0.25) is 0 Å². The van der Waals surface area contributed by atoms with E-state index in [-0.39, 0.29) is 12.1 Å². The molecule has 0 aliphatic carbocycles. The van der Waals surface area contributed by atoms with Crippen molar-refractivity contribution in [1.82, 2.24) is 10.2 Å². The van der Waals surface area contributed by atoms with Gasteiger partial charge in [0.1, 0.15) is 11.4 Å². The van der Waals surface area contributed by atoms with Crippen LogP contribution < -0.4 is 5.32 Å². The summed E-state index contributed by atoms with van der Waals surface area (Å²) in [5.41, 5.74) is 0.566. The number of piperazine rings is 1. The molecule has 1 amide bonds. The number of aryl methyl sites for hydroxylation is 1. The molecule has 2 heterocycles. The van der Waals surface area contributed by atoms with Crippen molar-refractivity contribution in [3.8, 4) is 0 Å². The average molecular weight is 266 g/mol. The molecule has 0 aromatic carbocycles. The monoisotopic (exact) mass is 266 g/mol. The van der Waals surface area contributed by atoms with Crippen LogP contribution in [-0.2, 0) is 4.74 Å². The first-order chi connectivity index (χ1) is 8.88. The van der Waals surface area contributed by atoms with Gasteiger partial charge >= 0.3 is 6.09 Å². The molecule has 1 unspecified atom stereocenters. The Balaban J connectivity index is 2.17. The van der Waals surface area contributed by atoms with Crippen molar-refractivity contribution >= 4 is 6.09 Å². The molecular weight excluding hydrogens is 244 g/mol. The predicted molar refractivity (Wildman–Crippen MR) is 72.0 cm³/mol. The van der Waals surface area contributed by atoms with Crippen molar-refractivity contribution in [3.05, 3.63) is 23.7 Å². The lowest BCUT2D eigenvalue weighted by Gasteiger charge is -2.37. The first-order valence-electron chi connectivity index (χ1n) is 6.63. The number of furan rings is 1. The van der Waals surface area contributed by atoms with Crippen LogP contribution in [0, 0.1) is 6.92 Å². The third kappa shape index (κ3) is 3.29. The maximum atomic E-state index is 12.3. The lowest BCUT2D eigenvalue weighted by molar-refractivity contribution is 0.0117. The van der Waals surface area contributed by atoms with Gasteiger partial charge in [-0.2, -0.15) is 0 Å². The summed E-state index contributed by atoms with van der Waals surface area (Å²) < 4.78 is 10.8. The normalized spacial score (nSPS) is 20.4. The van der Waals surface area contributed by atoms with E-state index in [9.17, 15) is 4.79 Å². The van der Waals surface area contributed by atoms with Crippen LogP contribution in [0.2, 0.25) is 0 Å². The molecule has 106 valence electrons. The van der Waals surface area contributed by atoms with Gasteiger partial charge in [-0.25, -0.2) is 4.79 Å². The number of hydrogen-bond acceptors (Lipinski definition) is 4.